The van der Waals surface area contributed by atoms with E-state index in [0.29, 0.717) is 10.4 Å². The molecule has 2 heterocycles. The van der Waals surface area contributed by atoms with Crippen LogP contribution in [-0.4, -0.2) is 29.1 Å². The molecular formula is C13H18BrNO3. The summed E-state index contributed by atoms with van der Waals surface area (Å²) in [6, 6.07) is 3.48. The monoisotopic (exact) mass is 315 g/mol. The van der Waals surface area contributed by atoms with Crippen molar-refractivity contribution in [2.75, 3.05) is 13.1 Å². The number of aliphatic carboxylic acids is 1. The molecule has 2 rings (SSSR count). The summed E-state index contributed by atoms with van der Waals surface area (Å²) in [5.74, 6) is -0.366. The summed E-state index contributed by atoms with van der Waals surface area (Å²) in [6.45, 7) is 3.34. The van der Waals surface area contributed by atoms with Gasteiger partial charge in [0, 0.05) is 0 Å². The summed E-state index contributed by atoms with van der Waals surface area (Å²) < 4.78 is 6.07. The highest BCUT2D eigenvalue weighted by Crippen LogP contribution is 2.33. The maximum Gasteiger partial charge on any atom is 0.331 e. The molecule has 1 aromatic rings. The molecule has 1 atom stereocenters. The van der Waals surface area contributed by atoms with Gasteiger partial charge >= 0.3 is 5.97 Å². The van der Waals surface area contributed by atoms with E-state index in [1.807, 2.05) is 4.90 Å². The van der Waals surface area contributed by atoms with Gasteiger partial charge in [-0.2, -0.15) is 0 Å². The van der Waals surface area contributed by atoms with Gasteiger partial charge in [0.1, 0.15) is 5.76 Å². The van der Waals surface area contributed by atoms with Crippen molar-refractivity contribution in [1.29, 1.82) is 0 Å². The van der Waals surface area contributed by atoms with Crippen LogP contribution in [0.1, 0.15) is 38.4 Å². The second kappa shape index (κ2) is 5.45. The van der Waals surface area contributed by atoms with Crippen molar-refractivity contribution in [3.05, 3.63) is 22.6 Å². The van der Waals surface area contributed by atoms with Gasteiger partial charge in [-0.05, 0) is 60.9 Å². The third-order valence-corrected chi connectivity index (χ3v) is 4.13. The van der Waals surface area contributed by atoms with Crippen molar-refractivity contribution in [3.63, 3.8) is 0 Å². The Balaban J connectivity index is 2.33. The number of halogens is 1. The van der Waals surface area contributed by atoms with E-state index in [1.54, 1.807) is 19.1 Å². The van der Waals surface area contributed by atoms with Gasteiger partial charge in [-0.3, -0.25) is 4.90 Å². The lowest BCUT2D eigenvalue weighted by molar-refractivity contribution is -0.152. The van der Waals surface area contributed by atoms with Crippen molar-refractivity contribution >= 4 is 21.9 Å². The average Bonchev–Trinajstić information content (AvgIpc) is 2.62. The molecule has 1 aromatic heterocycles. The van der Waals surface area contributed by atoms with Gasteiger partial charge in [-0.25, -0.2) is 4.79 Å². The number of hydrogen-bond acceptors (Lipinski definition) is 3. The number of carboxylic acid groups (broad SMARTS) is 1. The van der Waals surface area contributed by atoms with Gasteiger partial charge in [0.15, 0.2) is 10.2 Å². The number of furan rings is 1. The Morgan fingerprint density at radius 3 is 2.39 bits per heavy atom. The van der Waals surface area contributed by atoms with E-state index >= 15 is 0 Å². The molecule has 1 saturated heterocycles. The molecule has 100 valence electrons. The first-order chi connectivity index (χ1) is 8.55. The highest BCUT2D eigenvalue weighted by atomic mass is 79.9. The van der Waals surface area contributed by atoms with E-state index in [1.165, 1.54) is 12.8 Å². The Labute approximate surface area is 115 Å². The normalized spacial score (nSPS) is 21.2. The van der Waals surface area contributed by atoms with Crippen LogP contribution in [-0.2, 0) is 10.3 Å². The predicted octanol–water partition coefficient (Wildman–Crippen LogP) is 3.22. The minimum atomic E-state index is -1.07. The first-order valence-corrected chi connectivity index (χ1v) is 7.08. The summed E-state index contributed by atoms with van der Waals surface area (Å²) in [5.41, 5.74) is -1.07. The van der Waals surface area contributed by atoms with Crippen LogP contribution in [0.5, 0.6) is 0 Å². The molecule has 4 nitrogen and oxygen atoms in total. The van der Waals surface area contributed by atoms with E-state index in [9.17, 15) is 9.90 Å². The average molecular weight is 316 g/mol. The SMILES string of the molecule is CC(C(=O)O)(c1ccc(Br)o1)N1CCCCCC1. The summed E-state index contributed by atoms with van der Waals surface area (Å²) in [6.07, 6.45) is 4.44. The number of carboxylic acids is 1. The number of rotatable bonds is 3. The van der Waals surface area contributed by atoms with Crippen LogP contribution in [0.2, 0.25) is 0 Å². The third-order valence-electron chi connectivity index (χ3n) is 3.71. The molecular weight excluding hydrogens is 298 g/mol. The lowest BCUT2D eigenvalue weighted by atomic mass is 9.96. The van der Waals surface area contributed by atoms with Gasteiger partial charge in [0.2, 0.25) is 0 Å². The van der Waals surface area contributed by atoms with Gasteiger partial charge in [-0.15, -0.1) is 0 Å². The fraction of sp³-hybridized carbons (Fsp3) is 0.615. The van der Waals surface area contributed by atoms with Crippen LogP contribution in [0.3, 0.4) is 0 Å². The van der Waals surface area contributed by atoms with Gasteiger partial charge in [0.05, 0.1) is 0 Å². The Bertz CT molecular complexity index is 424. The molecule has 1 aliphatic rings. The molecule has 1 fully saturated rings. The lowest BCUT2D eigenvalue weighted by Crippen LogP contribution is -2.50. The smallest absolute Gasteiger partial charge is 0.331 e. The second-order valence-corrected chi connectivity index (χ2v) is 5.66. The van der Waals surface area contributed by atoms with Gasteiger partial charge in [0.25, 0.3) is 0 Å². The highest BCUT2D eigenvalue weighted by molar-refractivity contribution is 9.10. The molecule has 0 aliphatic carbocycles. The van der Waals surface area contributed by atoms with Crippen molar-refractivity contribution in [3.8, 4) is 0 Å². The van der Waals surface area contributed by atoms with E-state index in [0.717, 1.165) is 25.9 Å². The first kappa shape index (κ1) is 13.6. The van der Waals surface area contributed by atoms with Crippen LogP contribution in [0.15, 0.2) is 21.2 Å². The Kier molecular flexibility index (Phi) is 4.12. The van der Waals surface area contributed by atoms with Gasteiger partial charge < -0.3 is 9.52 Å². The largest absolute Gasteiger partial charge is 0.480 e. The van der Waals surface area contributed by atoms with Crippen LogP contribution in [0.25, 0.3) is 0 Å². The number of carbonyl (C=O) groups is 1. The molecule has 0 bridgehead atoms. The van der Waals surface area contributed by atoms with Crippen molar-refractivity contribution < 1.29 is 14.3 Å². The van der Waals surface area contributed by atoms with Crippen LogP contribution in [0, 0.1) is 0 Å². The Hall–Kier alpha value is -0.810. The minimum absolute atomic E-state index is 0.490. The molecule has 0 spiro atoms. The summed E-state index contributed by atoms with van der Waals surface area (Å²) in [7, 11) is 0. The van der Waals surface area contributed by atoms with Crippen molar-refractivity contribution in [2.45, 2.75) is 38.1 Å². The fourth-order valence-electron chi connectivity index (χ4n) is 2.49. The van der Waals surface area contributed by atoms with E-state index < -0.39 is 11.5 Å². The minimum Gasteiger partial charge on any atom is -0.480 e. The molecule has 0 amide bonds. The zero-order valence-corrected chi connectivity index (χ0v) is 12.1. The zero-order chi connectivity index (χ0) is 13.2. The molecule has 5 heteroatoms. The first-order valence-electron chi connectivity index (χ1n) is 6.29. The summed E-state index contributed by atoms with van der Waals surface area (Å²) >= 11 is 3.24. The predicted molar refractivity (Wildman–Crippen MR) is 71.4 cm³/mol. The lowest BCUT2D eigenvalue weighted by Gasteiger charge is -2.35. The van der Waals surface area contributed by atoms with Gasteiger partial charge in [-0.1, -0.05) is 12.8 Å². The summed E-state index contributed by atoms with van der Waals surface area (Å²) in [5, 5.41) is 9.62. The topological polar surface area (TPSA) is 53.7 Å². The molecule has 0 radical (unpaired) electrons. The van der Waals surface area contributed by atoms with Crippen LogP contribution in [0.4, 0.5) is 0 Å². The standard InChI is InChI=1S/C13H18BrNO3/c1-13(12(16)17,10-6-7-11(14)18-10)15-8-4-2-3-5-9-15/h6-7H,2-5,8-9H2,1H3,(H,16,17). The molecule has 0 aromatic carbocycles. The quantitative estimate of drug-likeness (QED) is 0.930. The Morgan fingerprint density at radius 2 is 1.94 bits per heavy atom. The molecule has 0 saturated carbocycles. The fourth-order valence-corrected chi connectivity index (χ4v) is 2.80. The number of likely N-dealkylation sites (tertiary alicyclic amines) is 1. The highest BCUT2D eigenvalue weighted by Gasteiger charge is 2.44. The van der Waals surface area contributed by atoms with Crippen molar-refractivity contribution in [2.24, 2.45) is 0 Å². The zero-order valence-electron chi connectivity index (χ0n) is 10.5. The van der Waals surface area contributed by atoms with E-state index in [2.05, 4.69) is 15.9 Å². The molecule has 1 N–H and O–H groups in total. The van der Waals surface area contributed by atoms with Crippen LogP contribution >= 0.6 is 15.9 Å². The molecule has 1 aliphatic heterocycles. The van der Waals surface area contributed by atoms with E-state index in [-0.39, 0.29) is 0 Å². The van der Waals surface area contributed by atoms with E-state index in [4.69, 9.17) is 4.42 Å². The maximum absolute atomic E-state index is 11.7. The summed E-state index contributed by atoms with van der Waals surface area (Å²) in [4.78, 5) is 13.7. The molecule has 18 heavy (non-hydrogen) atoms. The Morgan fingerprint density at radius 1 is 1.33 bits per heavy atom. The number of nitrogens with zero attached hydrogens (tertiary/aromatic N) is 1. The maximum atomic E-state index is 11.7. The molecule has 1 unspecified atom stereocenters. The number of hydrogen-bond donors (Lipinski definition) is 1. The van der Waals surface area contributed by atoms with Crippen molar-refractivity contribution in [1.82, 2.24) is 4.90 Å². The third kappa shape index (κ3) is 2.47. The van der Waals surface area contributed by atoms with Crippen LogP contribution < -0.4 is 0 Å². The second-order valence-electron chi connectivity index (χ2n) is 4.88.